The highest BCUT2D eigenvalue weighted by atomic mass is 32.1. The van der Waals surface area contributed by atoms with E-state index in [0.717, 1.165) is 16.0 Å². The van der Waals surface area contributed by atoms with Gasteiger partial charge >= 0.3 is 0 Å². The van der Waals surface area contributed by atoms with Crippen molar-refractivity contribution in [1.82, 2.24) is 10.4 Å². The lowest BCUT2D eigenvalue weighted by Crippen LogP contribution is -2.48. The summed E-state index contributed by atoms with van der Waals surface area (Å²) < 4.78 is 0. The van der Waals surface area contributed by atoms with Crippen molar-refractivity contribution in [3.63, 3.8) is 0 Å². The van der Waals surface area contributed by atoms with Gasteiger partial charge in [-0.1, -0.05) is 30.3 Å². The first kappa shape index (κ1) is 15.5. The second-order valence-electron chi connectivity index (χ2n) is 4.68. The molecule has 0 atom stereocenters. The molecule has 0 fully saturated rings. The molecule has 1 aromatic carbocycles. The largest absolute Gasteiger partial charge is 0.375 e. The van der Waals surface area contributed by atoms with E-state index in [1.165, 1.54) is 5.01 Å². The third-order valence-corrected chi connectivity index (χ3v) is 4.45. The summed E-state index contributed by atoms with van der Waals surface area (Å²) in [5, 5.41) is 3.47. The molecule has 0 radical (unpaired) electrons. The van der Waals surface area contributed by atoms with Crippen LogP contribution in [0.4, 0.5) is 0 Å². The minimum absolute atomic E-state index is 0.136. The normalized spacial score (nSPS) is 10.2. The van der Waals surface area contributed by atoms with Crippen LogP contribution in [-0.2, 0) is 6.54 Å². The van der Waals surface area contributed by atoms with E-state index in [1.807, 2.05) is 49.6 Å². The molecule has 0 aliphatic heterocycles. The van der Waals surface area contributed by atoms with Gasteiger partial charge in [-0.15, -0.1) is 11.3 Å². The Kier molecular flexibility index (Phi) is 4.93. The van der Waals surface area contributed by atoms with Crippen molar-refractivity contribution >= 4 is 34.6 Å². The van der Waals surface area contributed by atoms with Crippen LogP contribution >= 0.6 is 23.6 Å². The van der Waals surface area contributed by atoms with E-state index in [9.17, 15) is 4.79 Å². The Morgan fingerprint density at radius 3 is 2.52 bits per heavy atom. The number of benzene rings is 1. The molecule has 0 saturated carbocycles. The maximum Gasteiger partial charge on any atom is 0.270 e. The van der Waals surface area contributed by atoms with Crippen LogP contribution < -0.4 is 11.2 Å². The van der Waals surface area contributed by atoms with Gasteiger partial charge in [-0.25, -0.2) is 0 Å². The van der Waals surface area contributed by atoms with E-state index >= 15 is 0 Å². The van der Waals surface area contributed by atoms with Crippen LogP contribution in [0.3, 0.4) is 0 Å². The van der Waals surface area contributed by atoms with Crippen LogP contribution in [0, 0.1) is 13.8 Å². The van der Waals surface area contributed by atoms with Crippen molar-refractivity contribution < 1.29 is 4.79 Å². The fourth-order valence-electron chi connectivity index (χ4n) is 1.86. The first-order chi connectivity index (χ1) is 9.99. The summed E-state index contributed by atoms with van der Waals surface area (Å²) in [5.74, 6) is -0.194. The molecule has 2 aromatic rings. The molecule has 6 heteroatoms. The van der Waals surface area contributed by atoms with E-state index < -0.39 is 0 Å². The molecule has 1 amide bonds. The van der Waals surface area contributed by atoms with Crippen molar-refractivity contribution in [2.24, 2.45) is 5.73 Å². The van der Waals surface area contributed by atoms with E-state index in [0.29, 0.717) is 12.1 Å². The summed E-state index contributed by atoms with van der Waals surface area (Å²) in [4.78, 5) is 13.5. The Labute approximate surface area is 133 Å². The number of hydrazine groups is 1. The van der Waals surface area contributed by atoms with Gasteiger partial charge in [-0.2, -0.15) is 0 Å². The zero-order valence-corrected chi connectivity index (χ0v) is 13.6. The molecule has 21 heavy (non-hydrogen) atoms. The molecule has 1 aromatic heterocycles. The molecule has 0 unspecified atom stereocenters. The van der Waals surface area contributed by atoms with Crippen LogP contribution in [0.2, 0.25) is 0 Å². The average Bonchev–Trinajstić information content (AvgIpc) is 2.79. The number of hydrogen-bond donors (Lipinski definition) is 2. The second kappa shape index (κ2) is 6.69. The lowest BCUT2D eigenvalue weighted by molar-refractivity contribution is 0.0866. The number of thiophene rings is 1. The summed E-state index contributed by atoms with van der Waals surface area (Å²) in [6.07, 6.45) is 0. The standard InChI is InChI=1S/C15H17N3OS2/c1-10-11(2)21-9-13(10)14(19)17-18(15(16)20)8-12-6-4-3-5-7-12/h3-7,9H,8H2,1-2H3,(H2,16,20)(H,17,19). The Balaban J connectivity index is 2.11. The topological polar surface area (TPSA) is 58.4 Å². The third-order valence-electron chi connectivity index (χ3n) is 3.22. The smallest absolute Gasteiger partial charge is 0.270 e. The fraction of sp³-hybridized carbons (Fsp3) is 0.200. The predicted molar refractivity (Wildman–Crippen MR) is 90.0 cm³/mol. The highest BCUT2D eigenvalue weighted by molar-refractivity contribution is 7.80. The average molecular weight is 319 g/mol. The summed E-state index contributed by atoms with van der Waals surface area (Å²) in [7, 11) is 0. The lowest BCUT2D eigenvalue weighted by Gasteiger charge is -2.23. The number of rotatable bonds is 3. The summed E-state index contributed by atoms with van der Waals surface area (Å²) in [6.45, 7) is 4.36. The van der Waals surface area contributed by atoms with Crippen molar-refractivity contribution in [2.75, 3.05) is 0 Å². The maximum absolute atomic E-state index is 12.3. The quantitative estimate of drug-likeness (QED) is 0.675. The number of thiocarbonyl (C=S) groups is 1. The zero-order valence-electron chi connectivity index (χ0n) is 11.9. The number of hydrogen-bond acceptors (Lipinski definition) is 3. The molecule has 0 saturated heterocycles. The first-order valence-corrected chi connectivity index (χ1v) is 7.74. The number of carbonyl (C=O) groups is 1. The van der Waals surface area contributed by atoms with E-state index in [4.69, 9.17) is 18.0 Å². The van der Waals surface area contributed by atoms with Gasteiger partial charge in [-0.3, -0.25) is 15.2 Å². The third kappa shape index (κ3) is 3.80. The van der Waals surface area contributed by atoms with Crippen molar-refractivity contribution in [3.05, 3.63) is 57.3 Å². The molecule has 4 nitrogen and oxygen atoms in total. The minimum atomic E-state index is -0.194. The molecule has 1 heterocycles. The van der Waals surface area contributed by atoms with E-state index in [2.05, 4.69) is 5.43 Å². The van der Waals surface area contributed by atoms with Crippen LogP contribution in [0.5, 0.6) is 0 Å². The minimum Gasteiger partial charge on any atom is -0.375 e. The van der Waals surface area contributed by atoms with Crippen molar-refractivity contribution in [3.8, 4) is 0 Å². The summed E-state index contributed by atoms with van der Waals surface area (Å²) in [5.41, 5.74) is 11.1. The fourth-order valence-corrected chi connectivity index (χ4v) is 2.83. The molecule has 0 aliphatic rings. The number of carbonyl (C=O) groups excluding carboxylic acids is 1. The number of aryl methyl sites for hydroxylation is 1. The van der Waals surface area contributed by atoms with Gasteiger partial charge in [-0.05, 0) is 37.2 Å². The highest BCUT2D eigenvalue weighted by Crippen LogP contribution is 2.20. The molecule has 0 spiro atoms. The number of nitrogens with zero attached hydrogens (tertiary/aromatic N) is 1. The van der Waals surface area contributed by atoms with E-state index in [1.54, 1.807) is 11.3 Å². The Morgan fingerprint density at radius 1 is 1.33 bits per heavy atom. The number of nitrogens with two attached hydrogens (primary N) is 1. The molecule has 2 rings (SSSR count). The number of amides is 1. The van der Waals surface area contributed by atoms with Gasteiger partial charge in [0.1, 0.15) is 0 Å². The van der Waals surface area contributed by atoms with Gasteiger partial charge < -0.3 is 5.73 Å². The SMILES string of the molecule is Cc1scc(C(=O)NN(Cc2ccccc2)C(N)=S)c1C. The maximum atomic E-state index is 12.3. The van der Waals surface area contributed by atoms with Crippen LogP contribution in [-0.4, -0.2) is 16.0 Å². The van der Waals surface area contributed by atoms with Crippen molar-refractivity contribution in [1.29, 1.82) is 0 Å². The van der Waals surface area contributed by atoms with Crippen molar-refractivity contribution in [2.45, 2.75) is 20.4 Å². The van der Waals surface area contributed by atoms with Crippen LogP contribution in [0.15, 0.2) is 35.7 Å². The van der Waals surface area contributed by atoms with Gasteiger partial charge in [0.15, 0.2) is 5.11 Å². The molecule has 0 aliphatic carbocycles. The molecule has 0 bridgehead atoms. The monoisotopic (exact) mass is 319 g/mol. The predicted octanol–water partition coefficient (Wildman–Crippen LogP) is 2.76. The molecule has 110 valence electrons. The van der Waals surface area contributed by atoms with Crippen LogP contribution in [0.25, 0.3) is 0 Å². The summed E-state index contributed by atoms with van der Waals surface area (Å²) in [6, 6.07) is 9.71. The van der Waals surface area contributed by atoms with Gasteiger partial charge in [0.25, 0.3) is 5.91 Å². The van der Waals surface area contributed by atoms with Gasteiger partial charge in [0.2, 0.25) is 0 Å². The van der Waals surface area contributed by atoms with Gasteiger partial charge in [0, 0.05) is 10.3 Å². The Hall–Kier alpha value is -1.92. The zero-order chi connectivity index (χ0) is 15.4. The second-order valence-corrected chi connectivity index (χ2v) is 6.18. The summed E-state index contributed by atoms with van der Waals surface area (Å²) >= 11 is 6.57. The number of nitrogens with one attached hydrogen (secondary N) is 1. The highest BCUT2D eigenvalue weighted by Gasteiger charge is 2.16. The molecule has 3 N–H and O–H groups in total. The molecular weight excluding hydrogens is 302 g/mol. The Morgan fingerprint density at radius 2 is 2.00 bits per heavy atom. The first-order valence-electron chi connectivity index (χ1n) is 6.45. The van der Waals surface area contributed by atoms with Gasteiger partial charge in [0.05, 0.1) is 12.1 Å². The molecular formula is C15H17N3OS2. The van der Waals surface area contributed by atoms with Crippen LogP contribution in [0.1, 0.15) is 26.4 Å². The van der Waals surface area contributed by atoms with E-state index in [-0.39, 0.29) is 11.0 Å². The Bertz CT molecular complexity index is 652. The lowest BCUT2D eigenvalue weighted by atomic mass is 10.2.